The van der Waals surface area contributed by atoms with Crippen molar-refractivity contribution in [2.24, 2.45) is 5.10 Å². The van der Waals surface area contributed by atoms with E-state index in [-0.39, 0.29) is 23.8 Å². The molecule has 0 bridgehead atoms. The number of benzene rings is 3. The summed E-state index contributed by atoms with van der Waals surface area (Å²) < 4.78 is 11.6. The van der Waals surface area contributed by atoms with Crippen LogP contribution < -0.4 is 14.9 Å². The van der Waals surface area contributed by atoms with Crippen LogP contribution in [-0.4, -0.2) is 24.3 Å². The van der Waals surface area contributed by atoms with Crippen molar-refractivity contribution in [1.29, 1.82) is 0 Å². The number of hydrazone groups is 1. The summed E-state index contributed by atoms with van der Waals surface area (Å²) in [6.07, 6.45) is 1.52. The molecule has 1 amide bonds. The van der Waals surface area contributed by atoms with Gasteiger partial charge in [-0.1, -0.05) is 37.6 Å². The monoisotopic (exact) mass is 466 g/mol. The summed E-state index contributed by atoms with van der Waals surface area (Å²) in [7, 11) is 1.60. The van der Waals surface area contributed by atoms with Gasteiger partial charge in [-0.3, -0.25) is 4.79 Å². The lowest BCUT2D eigenvalue weighted by molar-refractivity contribution is 0.0952. The third kappa shape index (κ3) is 6.05. The molecule has 3 rings (SSSR count). The van der Waals surface area contributed by atoms with Crippen molar-refractivity contribution in [1.82, 2.24) is 5.43 Å². The zero-order valence-corrected chi connectivity index (χ0v) is 19.8. The molecule has 0 unspecified atom stereocenters. The Morgan fingerprint density at radius 2 is 1.91 bits per heavy atom. The van der Waals surface area contributed by atoms with E-state index >= 15 is 0 Å². The molecule has 6 nitrogen and oxygen atoms in total. The van der Waals surface area contributed by atoms with Gasteiger partial charge >= 0.3 is 0 Å². The second kappa shape index (κ2) is 10.9. The molecule has 0 aliphatic rings. The van der Waals surface area contributed by atoms with E-state index in [1.165, 1.54) is 18.3 Å². The fourth-order valence-electron chi connectivity index (χ4n) is 3.29. The fraction of sp³-hybridized carbons (Fsp3) is 0.231. The molecular formula is C26H27ClN2O4. The number of nitrogens with one attached hydrogen (secondary N) is 1. The molecule has 0 aromatic heterocycles. The predicted molar refractivity (Wildman–Crippen MR) is 131 cm³/mol. The standard InChI is InChI=1S/C26H27ClN2O4/c1-16(2)21-13-22(27)17(3)11-25(21)33-15-19-12-18(9-10-24(19)32-4)14-28-29-26(31)20-7-5-6-8-23(20)30/h5-14,16,30H,15H2,1-4H3,(H,29,31)/b28-14-. The average molecular weight is 467 g/mol. The maximum absolute atomic E-state index is 12.2. The Balaban J connectivity index is 1.75. The van der Waals surface area contributed by atoms with Crippen LogP contribution in [0.2, 0.25) is 5.02 Å². The van der Waals surface area contributed by atoms with Crippen molar-refractivity contribution in [3.63, 3.8) is 0 Å². The van der Waals surface area contributed by atoms with E-state index in [4.69, 9.17) is 21.1 Å². The van der Waals surface area contributed by atoms with Crippen LogP contribution in [0.1, 0.15) is 52.4 Å². The Bertz CT molecular complexity index is 1170. The number of methoxy groups -OCH3 is 1. The van der Waals surface area contributed by atoms with E-state index in [0.29, 0.717) is 10.8 Å². The van der Waals surface area contributed by atoms with Crippen molar-refractivity contribution in [2.75, 3.05) is 7.11 Å². The molecule has 0 fully saturated rings. The quantitative estimate of drug-likeness (QED) is 0.323. The van der Waals surface area contributed by atoms with Gasteiger partial charge in [0.05, 0.1) is 18.9 Å². The number of para-hydroxylation sites is 1. The lowest BCUT2D eigenvalue weighted by Gasteiger charge is -2.17. The first-order chi connectivity index (χ1) is 15.8. The number of aryl methyl sites for hydroxylation is 1. The van der Waals surface area contributed by atoms with E-state index in [1.54, 1.807) is 19.2 Å². The van der Waals surface area contributed by atoms with E-state index < -0.39 is 5.91 Å². The summed E-state index contributed by atoms with van der Waals surface area (Å²) in [5, 5.41) is 14.5. The first-order valence-corrected chi connectivity index (χ1v) is 10.9. The second-order valence-electron chi connectivity index (χ2n) is 7.87. The van der Waals surface area contributed by atoms with Gasteiger partial charge in [0.1, 0.15) is 23.9 Å². The molecule has 0 radical (unpaired) electrons. The first-order valence-electron chi connectivity index (χ1n) is 10.5. The molecule has 0 heterocycles. The molecule has 2 N–H and O–H groups in total. The third-order valence-electron chi connectivity index (χ3n) is 5.13. The van der Waals surface area contributed by atoms with Crippen LogP contribution in [0.3, 0.4) is 0 Å². The van der Waals surface area contributed by atoms with Crippen molar-refractivity contribution in [3.8, 4) is 17.2 Å². The molecule has 0 spiro atoms. The molecule has 0 aliphatic heterocycles. The molecule has 0 saturated heterocycles. The van der Waals surface area contributed by atoms with Crippen LogP contribution in [0.15, 0.2) is 59.7 Å². The second-order valence-corrected chi connectivity index (χ2v) is 8.28. The van der Waals surface area contributed by atoms with Gasteiger partial charge in [-0.05, 0) is 72.0 Å². The molecule has 0 saturated carbocycles. The molecular weight excluding hydrogens is 440 g/mol. The average Bonchev–Trinajstić information content (AvgIpc) is 2.79. The number of phenols is 1. The maximum atomic E-state index is 12.2. The maximum Gasteiger partial charge on any atom is 0.275 e. The number of rotatable bonds is 8. The summed E-state index contributed by atoms with van der Waals surface area (Å²) in [5.74, 6) is 1.12. The number of carbonyl (C=O) groups is 1. The predicted octanol–water partition coefficient (Wildman–Crippen LogP) is 5.83. The number of halogens is 1. The molecule has 0 atom stereocenters. The van der Waals surface area contributed by atoms with Gasteiger partial charge in [0, 0.05) is 10.6 Å². The van der Waals surface area contributed by atoms with Crippen LogP contribution in [0, 0.1) is 6.92 Å². The molecule has 3 aromatic carbocycles. The summed E-state index contributed by atoms with van der Waals surface area (Å²) in [6, 6.07) is 15.7. The first kappa shape index (κ1) is 24.1. The molecule has 172 valence electrons. The van der Waals surface area contributed by atoms with Gasteiger partial charge in [-0.2, -0.15) is 5.10 Å². The number of hydrogen-bond donors (Lipinski definition) is 2. The van der Waals surface area contributed by atoms with E-state index in [2.05, 4.69) is 24.4 Å². The van der Waals surface area contributed by atoms with Gasteiger partial charge in [-0.25, -0.2) is 5.43 Å². The molecule has 33 heavy (non-hydrogen) atoms. The third-order valence-corrected chi connectivity index (χ3v) is 5.54. The van der Waals surface area contributed by atoms with Gasteiger partial charge in [0.25, 0.3) is 5.91 Å². The molecule has 3 aromatic rings. The number of amides is 1. The Kier molecular flexibility index (Phi) is 7.96. The van der Waals surface area contributed by atoms with Crippen LogP contribution in [0.5, 0.6) is 17.2 Å². The lowest BCUT2D eigenvalue weighted by atomic mass is 10.0. The number of phenolic OH excluding ortho intramolecular Hbond substituents is 1. The van der Waals surface area contributed by atoms with Crippen LogP contribution >= 0.6 is 11.6 Å². The summed E-state index contributed by atoms with van der Waals surface area (Å²) in [5.41, 5.74) is 6.14. The van der Waals surface area contributed by atoms with Crippen LogP contribution in [0.4, 0.5) is 0 Å². The van der Waals surface area contributed by atoms with E-state index in [9.17, 15) is 9.90 Å². The highest BCUT2D eigenvalue weighted by Crippen LogP contribution is 2.33. The summed E-state index contributed by atoms with van der Waals surface area (Å²) in [4.78, 5) is 12.2. The topological polar surface area (TPSA) is 80.2 Å². The highest BCUT2D eigenvalue weighted by molar-refractivity contribution is 6.31. The van der Waals surface area contributed by atoms with E-state index in [0.717, 1.165) is 28.0 Å². The number of ether oxygens (including phenoxy) is 2. The smallest absolute Gasteiger partial charge is 0.275 e. The lowest BCUT2D eigenvalue weighted by Crippen LogP contribution is -2.17. The highest BCUT2D eigenvalue weighted by atomic mass is 35.5. The van der Waals surface area contributed by atoms with Gasteiger partial charge in [-0.15, -0.1) is 0 Å². The van der Waals surface area contributed by atoms with Gasteiger partial charge in [0.2, 0.25) is 0 Å². The van der Waals surface area contributed by atoms with Crippen molar-refractivity contribution >= 4 is 23.7 Å². The zero-order valence-electron chi connectivity index (χ0n) is 19.1. The number of nitrogens with zero attached hydrogens (tertiary/aromatic N) is 1. The normalized spacial score (nSPS) is 11.1. The Morgan fingerprint density at radius 1 is 1.15 bits per heavy atom. The summed E-state index contributed by atoms with van der Waals surface area (Å²) >= 11 is 6.30. The van der Waals surface area contributed by atoms with Crippen LogP contribution in [0.25, 0.3) is 0 Å². The zero-order chi connectivity index (χ0) is 24.0. The van der Waals surface area contributed by atoms with Crippen LogP contribution in [-0.2, 0) is 6.61 Å². The number of hydrogen-bond acceptors (Lipinski definition) is 5. The van der Waals surface area contributed by atoms with E-state index in [1.807, 2.05) is 37.3 Å². The van der Waals surface area contributed by atoms with Gasteiger partial charge < -0.3 is 14.6 Å². The Labute approximate surface area is 198 Å². The van der Waals surface area contributed by atoms with Crippen molar-refractivity contribution < 1.29 is 19.4 Å². The number of carbonyl (C=O) groups excluding carboxylic acids is 1. The minimum Gasteiger partial charge on any atom is -0.507 e. The minimum absolute atomic E-state index is 0.104. The number of aromatic hydroxyl groups is 1. The Hall–Kier alpha value is -3.51. The molecule has 7 heteroatoms. The summed E-state index contributed by atoms with van der Waals surface area (Å²) in [6.45, 7) is 6.42. The molecule has 0 aliphatic carbocycles. The highest BCUT2D eigenvalue weighted by Gasteiger charge is 2.13. The van der Waals surface area contributed by atoms with Crippen molar-refractivity contribution in [2.45, 2.75) is 33.3 Å². The SMILES string of the molecule is COc1ccc(/C=N\NC(=O)c2ccccc2O)cc1COc1cc(C)c(Cl)cc1C(C)C. The van der Waals surface area contributed by atoms with Crippen molar-refractivity contribution in [3.05, 3.63) is 87.4 Å². The fourth-order valence-corrected chi connectivity index (χ4v) is 3.46. The van der Waals surface area contributed by atoms with Gasteiger partial charge in [0.15, 0.2) is 0 Å². The largest absolute Gasteiger partial charge is 0.507 e. The Morgan fingerprint density at radius 3 is 2.61 bits per heavy atom. The minimum atomic E-state index is -0.499.